The molecule has 0 amide bonds. The van der Waals surface area contributed by atoms with Crippen LogP contribution in [0.15, 0.2) is 54.6 Å². The average molecular weight is 425 g/mol. The lowest BCUT2D eigenvalue weighted by atomic mass is 9.88. The Hall–Kier alpha value is -3.07. The molecule has 1 aliphatic rings. The van der Waals surface area contributed by atoms with Crippen molar-refractivity contribution in [2.45, 2.75) is 24.6 Å². The molecule has 1 fully saturated rings. The van der Waals surface area contributed by atoms with Gasteiger partial charge in [-0.2, -0.15) is 13.2 Å². The normalized spacial score (nSPS) is 19.3. The monoisotopic (exact) mass is 425 g/mol. The smallest absolute Gasteiger partial charge is 0.416 e. The molecule has 1 heterocycles. The second kappa shape index (κ2) is 10.1. The number of hydrogen-bond donors (Lipinski definition) is 2. The maximum Gasteiger partial charge on any atom is 0.416 e. The molecule has 6 nitrogen and oxygen atoms in total. The van der Waals surface area contributed by atoms with E-state index in [1.165, 1.54) is 17.7 Å². The first-order chi connectivity index (χ1) is 14.1. The number of likely N-dealkylation sites (N-methyl/N-ethyl adjacent to an activating group) is 1. The van der Waals surface area contributed by atoms with E-state index in [9.17, 15) is 13.2 Å². The predicted molar refractivity (Wildman–Crippen MR) is 102 cm³/mol. The van der Waals surface area contributed by atoms with Crippen molar-refractivity contribution in [3.8, 4) is 5.75 Å². The van der Waals surface area contributed by atoms with Crippen LogP contribution in [0, 0.1) is 0 Å². The fourth-order valence-corrected chi connectivity index (χ4v) is 3.15. The van der Waals surface area contributed by atoms with Crippen LogP contribution in [-0.4, -0.2) is 53.3 Å². The van der Waals surface area contributed by atoms with E-state index >= 15 is 0 Å². The van der Waals surface area contributed by atoms with E-state index in [0.29, 0.717) is 5.75 Å². The summed E-state index contributed by atoms with van der Waals surface area (Å²) in [6, 6.07) is 15.1. The van der Waals surface area contributed by atoms with Gasteiger partial charge in [0.05, 0.1) is 5.56 Å². The summed E-state index contributed by atoms with van der Waals surface area (Å²) in [6.07, 6.45) is -3.52. The molecule has 2 N–H and O–H groups in total. The molecule has 0 aromatic heterocycles. The molecule has 1 aliphatic heterocycles. The van der Waals surface area contributed by atoms with Gasteiger partial charge in [0, 0.05) is 19.0 Å². The van der Waals surface area contributed by atoms with Gasteiger partial charge in [0.1, 0.15) is 11.9 Å². The molecule has 1 saturated heterocycles. The largest absolute Gasteiger partial charge is 0.490 e. The van der Waals surface area contributed by atoms with Crippen LogP contribution in [0.3, 0.4) is 0 Å². The van der Waals surface area contributed by atoms with Gasteiger partial charge in [0.25, 0.3) is 0 Å². The van der Waals surface area contributed by atoms with Crippen molar-refractivity contribution in [2.75, 3.05) is 20.1 Å². The Morgan fingerprint density at radius 3 is 2.07 bits per heavy atom. The minimum atomic E-state index is -4.32. The summed E-state index contributed by atoms with van der Waals surface area (Å²) in [7, 11) is 2.07. The number of rotatable bonds is 3. The molecule has 0 unspecified atom stereocenters. The highest BCUT2D eigenvalue weighted by molar-refractivity contribution is 6.27. The number of likely N-dealkylation sites (tertiary alicyclic amines) is 1. The summed E-state index contributed by atoms with van der Waals surface area (Å²) in [6.45, 7) is 1.78. The Balaban J connectivity index is 0.000000469. The second-order valence-electron chi connectivity index (χ2n) is 6.86. The molecule has 3 rings (SSSR count). The Kier molecular flexibility index (Phi) is 7.82. The molecule has 0 spiro atoms. The van der Waals surface area contributed by atoms with Crippen LogP contribution >= 0.6 is 0 Å². The number of ether oxygens (including phenoxy) is 1. The van der Waals surface area contributed by atoms with Gasteiger partial charge in [-0.15, -0.1) is 0 Å². The van der Waals surface area contributed by atoms with E-state index in [4.69, 9.17) is 24.5 Å². The van der Waals surface area contributed by atoms with E-state index in [-0.39, 0.29) is 12.0 Å². The zero-order valence-corrected chi connectivity index (χ0v) is 16.2. The van der Waals surface area contributed by atoms with Crippen LogP contribution in [0.1, 0.15) is 23.5 Å². The van der Waals surface area contributed by atoms with Crippen molar-refractivity contribution in [3.63, 3.8) is 0 Å². The molecular weight excluding hydrogens is 403 g/mol. The van der Waals surface area contributed by atoms with Crippen molar-refractivity contribution in [1.29, 1.82) is 0 Å². The predicted octanol–water partition coefficient (Wildman–Crippen LogP) is 3.73. The quantitative estimate of drug-likeness (QED) is 0.729. The van der Waals surface area contributed by atoms with E-state index in [2.05, 4.69) is 24.1 Å². The van der Waals surface area contributed by atoms with E-state index in [1.54, 1.807) is 0 Å². The Morgan fingerprint density at radius 1 is 1.00 bits per heavy atom. The first-order valence-corrected chi connectivity index (χ1v) is 9.11. The highest BCUT2D eigenvalue weighted by atomic mass is 19.4. The number of aliphatic carboxylic acids is 2. The number of alkyl halides is 3. The zero-order valence-electron chi connectivity index (χ0n) is 16.2. The summed E-state index contributed by atoms with van der Waals surface area (Å²) in [5.74, 6) is -2.96. The third-order valence-corrected chi connectivity index (χ3v) is 4.63. The maximum atomic E-state index is 12.7. The highest BCUT2D eigenvalue weighted by Crippen LogP contribution is 2.33. The molecule has 0 bridgehead atoms. The number of nitrogens with zero attached hydrogens (tertiary/aromatic N) is 1. The number of carbonyl (C=O) groups is 2. The van der Waals surface area contributed by atoms with Crippen molar-refractivity contribution < 1.29 is 37.7 Å². The van der Waals surface area contributed by atoms with Crippen LogP contribution in [-0.2, 0) is 15.8 Å². The van der Waals surface area contributed by atoms with Crippen molar-refractivity contribution in [2.24, 2.45) is 0 Å². The van der Waals surface area contributed by atoms with E-state index in [1.807, 2.05) is 18.2 Å². The fraction of sp³-hybridized carbons (Fsp3) is 0.333. The van der Waals surface area contributed by atoms with Crippen LogP contribution in [0.25, 0.3) is 0 Å². The van der Waals surface area contributed by atoms with Gasteiger partial charge in [-0.25, -0.2) is 9.59 Å². The van der Waals surface area contributed by atoms with Gasteiger partial charge in [-0.3, -0.25) is 0 Å². The van der Waals surface area contributed by atoms with E-state index < -0.39 is 23.7 Å². The second-order valence-corrected chi connectivity index (χ2v) is 6.86. The third-order valence-electron chi connectivity index (χ3n) is 4.63. The SMILES string of the molecule is CN1CC[C@@H](Oc2ccc(C(F)(F)F)cc2)[C@H](c2ccccc2)C1.O=C(O)C(=O)O. The minimum absolute atomic E-state index is 0.0414. The third kappa shape index (κ3) is 6.77. The van der Waals surface area contributed by atoms with Gasteiger partial charge >= 0.3 is 18.1 Å². The van der Waals surface area contributed by atoms with Gasteiger partial charge in [-0.1, -0.05) is 30.3 Å². The molecule has 0 radical (unpaired) electrons. The molecule has 9 heteroatoms. The van der Waals surface area contributed by atoms with Gasteiger partial charge in [0.2, 0.25) is 0 Å². The number of benzene rings is 2. The van der Waals surface area contributed by atoms with Crippen molar-refractivity contribution >= 4 is 11.9 Å². The maximum absolute atomic E-state index is 12.7. The van der Waals surface area contributed by atoms with Crippen LogP contribution in [0.4, 0.5) is 13.2 Å². The molecule has 162 valence electrons. The molecule has 30 heavy (non-hydrogen) atoms. The number of piperidine rings is 1. The van der Waals surface area contributed by atoms with Crippen molar-refractivity contribution in [1.82, 2.24) is 4.90 Å². The number of carboxylic acids is 2. The Bertz CT molecular complexity index is 828. The summed E-state index contributed by atoms with van der Waals surface area (Å²) in [4.78, 5) is 20.5. The Labute approximate surface area is 171 Å². The molecule has 2 aromatic rings. The minimum Gasteiger partial charge on any atom is -0.490 e. The lowest BCUT2D eigenvalue weighted by molar-refractivity contribution is -0.159. The molecule has 0 aliphatic carbocycles. The summed E-state index contributed by atoms with van der Waals surface area (Å²) in [5.41, 5.74) is 0.541. The fourth-order valence-electron chi connectivity index (χ4n) is 3.15. The Morgan fingerprint density at radius 2 is 1.57 bits per heavy atom. The summed E-state index contributed by atoms with van der Waals surface area (Å²) >= 11 is 0. The topological polar surface area (TPSA) is 87.1 Å². The first kappa shape index (κ1) is 23.2. The van der Waals surface area contributed by atoms with Crippen LogP contribution in [0.2, 0.25) is 0 Å². The number of hydrogen-bond acceptors (Lipinski definition) is 4. The first-order valence-electron chi connectivity index (χ1n) is 9.11. The average Bonchev–Trinajstić information content (AvgIpc) is 2.70. The summed E-state index contributed by atoms with van der Waals surface area (Å²) in [5, 5.41) is 14.8. The van der Waals surface area contributed by atoms with Crippen LogP contribution in [0.5, 0.6) is 5.75 Å². The van der Waals surface area contributed by atoms with Gasteiger partial charge in [-0.05, 0) is 43.3 Å². The highest BCUT2D eigenvalue weighted by Gasteiger charge is 2.32. The standard InChI is InChI=1S/C19H20F3NO.C2H2O4/c1-23-12-11-18(17(13-23)14-5-3-2-4-6-14)24-16-9-7-15(8-10-16)19(20,21)22;3-1(4)2(5)6/h2-10,17-18H,11-13H2,1H3;(H,3,4)(H,5,6)/t17-,18+;/m0./s1. The molecule has 0 saturated carbocycles. The number of halogens is 3. The van der Waals surface area contributed by atoms with Gasteiger partial charge < -0.3 is 19.8 Å². The number of carboxylic acid groups (broad SMARTS) is 2. The van der Waals surface area contributed by atoms with Crippen molar-refractivity contribution in [3.05, 3.63) is 65.7 Å². The zero-order chi connectivity index (χ0) is 22.3. The van der Waals surface area contributed by atoms with Gasteiger partial charge in [0.15, 0.2) is 0 Å². The molecular formula is C21H22F3NO5. The van der Waals surface area contributed by atoms with Crippen LogP contribution < -0.4 is 4.74 Å². The lowest BCUT2D eigenvalue weighted by Gasteiger charge is -2.37. The summed E-state index contributed by atoms with van der Waals surface area (Å²) < 4.78 is 44.0. The lowest BCUT2D eigenvalue weighted by Crippen LogP contribution is -2.42. The molecule has 2 aromatic carbocycles. The molecule has 2 atom stereocenters. The van der Waals surface area contributed by atoms with E-state index in [0.717, 1.165) is 31.6 Å².